The van der Waals surface area contributed by atoms with Crippen LogP contribution in [0.4, 0.5) is 17.1 Å². The van der Waals surface area contributed by atoms with E-state index in [9.17, 15) is 0 Å². The fraction of sp³-hybridized carbons (Fsp3) is 0.235. The third-order valence-corrected chi connectivity index (χ3v) is 3.66. The molecule has 0 aliphatic carbocycles. The SMILES string of the molecule is COc1cc(NCC2=Nc3ccccc3[NH2+]2)cc(OC)c1OC.[Cl-]. The quantitative estimate of drug-likeness (QED) is 0.661. The summed E-state index contributed by atoms with van der Waals surface area (Å²) in [5, 5.41) is 5.43. The first-order valence-electron chi connectivity index (χ1n) is 7.30. The Morgan fingerprint density at radius 3 is 2.25 bits per heavy atom. The van der Waals surface area contributed by atoms with Gasteiger partial charge in [-0.25, -0.2) is 0 Å². The van der Waals surface area contributed by atoms with Gasteiger partial charge in [-0.15, -0.1) is 0 Å². The van der Waals surface area contributed by atoms with Crippen molar-refractivity contribution >= 4 is 22.9 Å². The zero-order valence-electron chi connectivity index (χ0n) is 13.8. The van der Waals surface area contributed by atoms with Gasteiger partial charge in [-0.3, -0.25) is 5.32 Å². The number of benzene rings is 2. The van der Waals surface area contributed by atoms with Gasteiger partial charge in [0.1, 0.15) is 12.2 Å². The first-order chi connectivity index (χ1) is 11.2. The van der Waals surface area contributed by atoms with Crippen LogP contribution in [-0.2, 0) is 0 Å². The Morgan fingerprint density at radius 2 is 1.67 bits per heavy atom. The van der Waals surface area contributed by atoms with Crippen molar-refractivity contribution in [2.75, 3.05) is 33.2 Å². The van der Waals surface area contributed by atoms with Crippen LogP contribution in [0, 0.1) is 0 Å². The molecule has 128 valence electrons. The molecule has 0 radical (unpaired) electrons. The summed E-state index contributed by atoms with van der Waals surface area (Å²) in [6.07, 6.45) is 0. The van der Waals surface area contributed by atoms with E-state index in [-0.39, 0.29) is 12.4 Å². The standard InChI is InChI=1S/C17H19N3O3.ClH/c1-21-14-8-11(9-15(22-2)17(14)23-3)18-10-16-19-12-6-4-5-7-13(12)20-16;/h4-9,18H,10H2,1-3H3,(H,19,20);1H. The number of ether oxygens (including phenoxy) is 3. The van der Waals surface area contributed by atoms with Crippen LogP contribution in [0.1, 0.15) is 0 Å². The normalized spacial score (nSPS) is 11.9. The number of quaternary nitrogens is 1. The molecule has 2 aromatic carbocycles. The van der Waals surface area contributed by atoms with Gasteiger partial charge in [0.2, 0.25) is 11.6 Å². The maximum Gasteiger partial charge on any atom is 0.225 e. The zero-order chi connectivity index (χ0) is 16.2. The lowest BCUT2D eigenvalue weighted by molar-refractivity contribution is -0.439. The molecule has 24 heavy (non-hydrogen) atoms. The van der Waals surface area contributed by atoms with Crippen molar-refractivity contribution < 1.29 is 31.9 Å². The Balaban J connectivity index is 0.00000208. The molecular formula is C17H20ClN3O3. The monoisotopic (exact) mass is 349 g/mol. The van der Waals surface area contributed by atoms with E-state index in [0.29, 0.717) is 23.8 Å². The summed E-state index contributed by atoms with van der Waals surface area (Å²) in [6.45, 7) is 0.618. The van der Waals surface area contributed by atoms with Crippen LogP contribution in [0.2, 0.25) is 0 Å². The van der Waals surface area contributed by atoms with Crippen LogP contribution in [0.25, 0.3) is 0 Å². The molecule has 0 saturated heterocycles. The highest BCUT2D eigenvalue weighted by molar-refractivity contribution is 5.88. The van der Waals surface area contributed by atoms with Crippen LogP contribution in [0.3, 0.4) is 0 Å². The van der Waals surface area contributed by atoms with Gasteiger partial charge in [0, 0.05) is 23.9 Å². The van der Waals surface area contributed by atoms with Crippen molar-refractivity contribution in [3.63, 3.8) is 0 Å². The zero-order valence-corrected chi connectivity index (χ0v) is 14.6. The predicted octanol–water partition coefficient (Wildman–Crippen LogP) is -0.933. The number of nitrogens with zero attached hydrogens (tertiary/aromatic N) is 1. The number of halogens is 1. The van der Waals surface area contributed by atoms with Crippen molar-refractivity contribution in [1.29, 1.82) is 0 Å². The number of fused-ring (bicyclic) bond motifs is 1. The Hall–Kier alpha value is -2.44. The molecule has 0 unspecified atom stereocenters. The van der Waals surface area contributed by atoms with Crippen LogP contribution < -0.4 is 37.3 Å². The number of hydrogen-bond acceptors (Lipinski definition) is 5. The van der Waals surface area contributed by atoms with Gasteiger partial charge >= 0.3 is 0 Å². The molecule has 0 aromatic heterocycles. The van der Waals surface area contributed by atoms with E-state index in [1.165, 1.54) is 0 Å². The average molecular weight is 350 g/mol. The van der Waals surface area contributed by atoms with Gasteiger partial charge in [0.05, 0.1) is 21.3 Å². The van der Waals surface area contributed by atoms with E-state index < -0.39 is 0 Å². The van der Waals surface area contributed by atoms with Crippen molar-refractivity contribution in [3.05, 3.63) is 36.4 Å². The summed E-state index contributed by atoms with van der Waals surface area (Å²) >= 11 is 0. The Morgan fingerprint density at radius 1 is 1.00 bits per heavy atom. The maximum atomic E-state index is 5.36. The summed E-state index contributed by atoms with van der Waals surface area (Å²) in [4.78, 5) is 4.60. The van der Waals surface area contributed by atoms with E-state index in [2.05, 4.69) is 21.7 Å². The smallest absolute Gasteiger partial charge is 0.225 e. The van der Waals surface area contributed by atoms with Crippen LogP contribution >= 0.6 is 0 Å². The molecule has 3 N–H and O–H groups in total. The van der Waals surface area contributed by atoms with Gasteiger partial charge < -0.3 is 31.9 Å². The van der Waals surface area contributed by atoms with Gasteiger partial charge in [-0.1, -0.05) is 12.1 Å². The molecule has 1 aliphatic heterocycles. The molecule has 0 atom stereocenters. The van der Waals surface area contributed by atoms with Gasteiger partial charge in [0.25, 0.3) is 0 Å². The number of para-hydroxylation sites is 2. The number of hydrogen-bond donors (Lipinski definition) is 2. The summed E-state index contributed by atoms with van der Waals surface area (Å²) in [7, 11) is 4.80. The third kappa shape index (κ3) is 3.55. The average Bonchev–Trinajstić information content (AvgIpc) is 3.01. The minimum atomic E-state index is 0. The summed E-state index contributed by atoms with van der Waals surface area (Å²) in [5.74, 6) is 2.81. The topological polar surface area (TPSA) is 68.7 Å². The predicted molar refractivity (Wildman–Crippen MR) is 89.7 cm³/mol. The number of nitrogens with two attached hydrogens (primary N) is 1. The number of rotatable bonds is 6. The lowest BCUT2D eigenvalue weighted by Gasteiger charge is -2.14. The first kappa shape index (κ1) is 17.9. The van der Waals surface area contributed by atoms with E-state index in [1.54, 1.807) is 21.3 Å². The molecule has 0 saturated carbocycles. The summed E-state index contributed by atoms with van der Waals surface area (Å²) in [6, 6.07) is 11.8. The number of amidine groups is 1. The largest absolute Gasteiger partial charge is 1.00 e. The molecule has 1 aliphatic rings. The van der Waals surface area contributed by atoms with Crippen LogP contribution in [0.15, 0.2) is 41.4 Å². The van der Waals surface area contributed by atoms with Crippen molar-refractivity contribution in [2.24, 2.45) is 4.99 Å². The van der Waals surface area contributed by atoms with Crippen LogP contribution in [-0.4, -0.2) is 33.7 Å². The van der Waals surface area contributed by atoms with Crippen molar-refractivity contribution in [3.8, 4) is 17.2 Å². The lowest BCUT2D eigenvalue weighted by atomic mass is 10.2. The fourth-order valence-corrected chi connectivity index (χ4v) is 2.54. The molecule has 7 heteroatoms. The first-order valence-corrected chi connectivity index (χ1v) is 7.30. The highest BCUT2D eigenvalue weighted by atomic mass is 35.5. The minimum absolute atomic E-state index is 0. The van der Waals surface area contributed by atoms with E-state index >= 15 is 0 Å². The van der Waals surface area contributed by atoms with Gasteiger partial charge in [0.15, 0.2) is 17.2 Å². The second-order valence-corrected chi connectivity index (χ2v) is 5.07. The molecule has 2 aromatic rings. The summed E-state index contributed by atoms with van der Waals surface area (Å²) in [5.41, 5.74) is 3.04. The molecule has 0 fully saturated rings. The third-order valence-electron chi connectivity index (χ3n) is 3.66. The Kier molecular flexibility index (Phi) is 5.89. The molecule has 0 bridgehead atoms. The van der Waals surface area contributed by atoms with E-state index in [1.807, 2.05) is 30.3 Å². The maximum absolute atomic E-state index is 5.36. The fourth-order valence-electron chi connectivity index (χ4n) is 2.54. The van der Waals surface area contributed by atoms with Crippen LogP contribution in [0.5, 0.6) is 17.2 Å². The molecule has 1 heterocycles. The van der Waals surface area contributed by atoms with E-state index in [4.69, 9.17) is 14.2 Å². The molecule has 6 nitrogen and oxygen atoms in total. The second kappa shape index (κ2) is 7.90. The van der Waals surface area contributed by atoms with Gasteiger partial charge in [-0.2, -0.15) is 4.99 Å². The highest BCUT2D eigenvalue weighted by Crippen LogP contribution is 2.39. The second-order valence-electron chi connectivity index (χ2n) is 5.07. The van der Waals surface area contributed by atoms with Crippen molar-refractivity contribution in [1.82, 2.24) is 0 Å². The molecule has 3 rings (SSSR count). The number of methoxy groups -OCH3 is 3. The van der Waals surface area contributed by atoms with Gasteiger partial charge in [-0.05, 0) is 6.07 Å². The summed E-state index contributed by atoms with van der Waals surface area (Å²) < 4.78 is 16.0. The minimum Gasteiger partial charge on any atom is -1.00 e. The number of nitrogens with one attached hydrogen (secondary N) is 1. The molecule has 0 amide bonds. The Bertz CT molecular complexity index is 725. The number of aliphatic imine (C=N–C) groups is 1. The lowest BCUT2D eigenvalue weighted by Crippen LogP contribution is -3.00. The highest BCUT2D eigenvalue weighted by Gasteiger charge is 2.19. The molecule has 0 spiro atoms. The Labute approximate surface area is 147 Å². The number of anilines is 1. The van der Waals surface area contributed by atoms with E-state index in [0.717, 1.165) is 22.9 Å². The molecular weight excluding hydrogens is 330 g/mol. The van der Waals surface area contributed by atoms with Crippen molar-refractivity contribution in [2.45, 2.75) is 0 Å².